The van der Waals surface area contributed by atoms with E-state index in [4.69, 9.17) is 0 Å². The minimum atomic E-state index is 0.876. The van der Waals surface area contributed by atoms with Crippen LogP contribution in [-0.4, -0.2) is 29.9 Å². The van der Waals surface area contributed by atoms with Crippen molar-refractivity contribution in [1.29, 1.82) is 0 Å². The van der Waals surface area contributed by atoms with Crippen LogP contribution in [0.4, 0.5) is 0 Å². The molecule has 1 fully saturated rings. The predicted molar refractivity (Wildman–Crippen MR) is 53.3 cm³/mol. The Morgan fingerprint density at radius 1 is 1.45 bits per heavy atom. The Morgan fingerprint density at radius 2 is 2.27 bits per heavy atom. The molecule has 0 bridgehead atoms. The van der Waals surface area contributed by atoms with Crippen molar-refractivity contribution in [2.45, 2.75) is 38.1 Å². The number of nitrogens with zero attached hydrogens (tertiary/aromatic N) is 1. The maximum absolute atomic E-state index is 3.48. The van der Waals surface area contributed by atoms with Crippen molar-refractivity contribution in [2.24, 2.45) is 0 Å². The fraction of sp³-hybridized carbons (Fsp3) is 1.00. The van der Waals surface area contributed by atoms with Gasteiger partial charge in [0.1, 0.15) is 0 Å². The van der Waals surface area contributed by atoms with Gasteiger partial charge in [-0.05, 0) is 39.3 Å². The van der Waals surface area contributed by atoms with Crippen LogP contribution >= 0.6 is 15.9 Å². The van der Waals surface area contributed by atoms with Crippen molar-refractivity contribution in [3.63, 3.8) is 0 Å². The van der Waals surface area contributed by atoms with Gasteiger partial charge in [0.25, 0.3) is 0 Å². The zero-order valence-corrected chi connectivity index (χ0v) is 8.94. The summed E-state index contributed by atoms with van der Waals surface area (Å²) in [6.07, 6.45) is 6.97. The molecule has 1 saturated heterocycles. The lowest BCUT2D eigenvalue weighted by Crippen LogP contribution is -2.36. The number of likely N-dealkylation sites (tertiary alicyclic amines) is 1. The molecule has 1 unspecified atom stereocenters. The highest BCUT2D eigenvalue weighted by molar-refractivity contribution is 9.09. The van der Waals surface area contributed by atoms with E-state index in [1.165, 1.54) is 38.6 Å². The highest BCUT2D eigenvalue weighted by Gasteiger charge is 2.17. The monoisotopic (exact) mass is 219 g/mol. The Hall–Kier alpha value is 0.440. The molecule has 2 heteroatoms. The lowest BCUT2D eigenvalue weighted by atomic mass is 9.99. The van der Waals surface area contributed by atoms with Gasteiger partial charge in [-0.25, -0.2) is 0 Å². The van der Waals surface area contributed by atoms with E-state index in [0.717, 1.165) is 11.4 Å². The van der Waals surface area contributed by atoms with Crippen LogP contribution in [0, 0.1) is 0 Å². The van der Waals surface area contributed by atoms with Crippen LogP contribution in [0.15, 0.2) is 0 Å². The molecular formula is C9H18BrN. The predicted octanol–water partition coefficient (Wildman–Crippen LogP) is 2.65. The van der Waals surface area contributed by atoms with Gasteiger partial charge in [0.05, 0.1) is 0 Å². The summed E-state index contributed by atoms with van der Waals surface area (Å²) in [5.41, 5.74) is 0. The highest BCUT2D eigenvalue weighted by atomic mass is 79.9. The van der Waals surface area contributed by atoms with Crippen molar-refractivity contribution in [3.05, 3.63) is 0 Å². The first-order chi connectivity index (χ1) is 5.34. The fourth-order valence-corrected chi connectivity index (χ4v) is 2.15. The first kappa shape index (κ1) is 9.53. The molecule has 0 amide bonds. The van der Waals surface area contributed by atoms with Crippen LogP contribution in [0.2, 0.25) is 0 Å². The Bertz CT molecular complexity index is 106. The Kier molecular flexibility index (Phi) is 4.46. The zero-order valence-electron chi connectivity index (χ0n) is 7.35. The molecule has 66 valence electrons. The third-order valence-electron chi connectivity index (χ3n) is 2.59. The van der Waals surface area contributed by atoms with Gasteiger partial charge in [-0.2, -0.15) is 0 Å². The van der Waals surface area contributed by atoms with Crippen LogP contribution in [-0.2, 0) is 0 Å². The number of alkyl halides is 1. The van der Waals surface area contributed by atoms with Crippen molar-refractivity contribution in [1.82, 2.24) is 4.90 Å². The van der Waals surface area contributed by atoms with Gasteiger partial charge in [-0.1, -0.05) is 22.4 Å². The number of piperidine rings is 1. The zero-order chi connectivity index (χ0) is 8.10. The van der Waals surface area contributed by atoms with Crippen LogP contribution in [0.25, 0.3) is 0 Å². The SMILES string of the molecule is CN1CCCCC1CCCBr. The van der Waals surface area contributed by atoms with Crippen molar-refractivity contribution in [2.75, 3.05) is 18.9 Å². The molecule has 1 rings (SSSR count). The second-order valence-corrected chi connectivity index (χ2v) is 4.25. The molecule has 1 aliphatic rings. The summed E-state index contributed by atoms with van der Waals surface area (Å²) in [7, 11) is 2.26. The van der Waals surface area contributed by atoms with E-state index in [1.54, 1.807) is 0 Å². The van der Waals surface area contributed by atoms with E-state index >= 15 is 0 Å². The summed E-state index contributed by atoms with van der Waals surface area (Å²) >= 11 is 3.48. The van der Waals surface area contributed by atoms with Crippen LogP contribution < -0.4 is 0 Å². The molecule has 0 aromatic heterocycles. The molecule has 0 aliphatic carbocycles. The molecule has 0 N–H and O–H groups in total. The molecule has 0 saturated carbocycles. The number of rotatable bonds is 3. The van der Waals surface area contributed by atoms with Gasteiger partial charge in [0.15, 0.2) is 0 Å². The number of hydrogen-bond donors (Lipinski definition) is 0. The largest absolute Gasteiger partial charge is 0.303 e. The second kappa shape index (κ2) is 5.15. The average Bonchev–Trinajstić information content (AvgIpc) is 2.03. The van der Waals surface area contributed by atoms with Gasteiger partial charge in [-0.15, -0.1) is 0 Å². The summed E-state index contributed by atoms with van der Waals surface area (Å²) in [4.78, 5) is 2.52. The molecule has 0 aromatic rings. The molecule has 11 heavy (non-hydrogen) atoms. The van der Waals surface area contributed by atoms with Crippen LogP contribution in [0.3, 0.4) is 0 Å². The molecular weight excluding hydrogens is 202 g/mol. The highest BCUT2D eigenvalue weighted by Crippen LogP contribution is 2.18. The van der Waals surface area contributed by atoms with E-state index in [0.29, 0.717) is 0 Å². The van der Waals surface area contributed by atoms with Gasteiger partial charge >= 0.3 is 0 Å². The first-order valence-corrected chi connectivity index (χ1v) is 5.73. The number of hydrogen-bond acceptors (Lipinski definition) is 1. The van der Waals surface area contributed by atoms with Gasteiger partial charge in [0, 0.05) is 11.4 Å². The molecule has 1 aliphatic heterocycles. The summed E-state index contributed by atoms with van der Waals surface area (Å²) in [5, 5.41) is 1.16. The molecule has 0 radical (unpaired) electrons. The van der Waals surface area contributed by atoms with Crippen LogP contribution in [0.5, 0.6) is 0 Å². The average molecular weight is 220 g/mol. The van der Waals surface area contributed by atoms with E-state index in [-0.39, 0.29) is 0 Å². The van der Waals surface area contributed by atoms with Crippen molar-refractivity contribution in [3.8, 4) is 0 Å². The summed E-state index contributed by atoms with van der Waals surface area (Å²) < 4.78 is 0. The smallest absolute Gasteiger partial charge is 0.00925 e. The minimum absolute atomic E-state index is 0.876. The molecule has 1 atom stereocenters. The third-order valence-corrected chi connectivity index (χ3v) is 3.15. The molecule has 1 nitrogen and oxygen atoms in total. The first-order valence-electron chi connectivity index (χ1n) is 4.61. The van der Waals surface area contributed by atoms with Crippen molar-refractivity contribution >= 4 is 15.9 Å². The Balaban J connectivity index is 2.18. The van der Waals surface area contributed by atoms with Crippen LogP contribution in [0.1, 0.15) is 32.1 Å². The summed E-state index contributed by atoms with van der Waals surface area (Å²) in [5.74, 6) is 0. The topological polar surface area (TPSA) is 3.24 Å². The quantitative estimate of drug-likeness (QED) is 0.661. The van der Waals surface area contributed by atoms with E-state index in [2.05, 4.69) is 27.9 Å². The Labute approximate surface area is 78.3 Å². The maximum Gasteiger partial charge on any atom is 0.00925 e. The van der Waals surface area contributed by atoms with Gasteiger partial charge in [0.2, 0.25) is 0 Å². The minimum Gasteiger partial charge on any atom is -0.303 e. The van der Waals surface area contributed by atoms with Gasteiger partial charge in [-0.3, -0.25) is 0 Å². The summed E-state index contributed by atoms with van der Waals surface area (Å²) in [6, 6.07) is 0.876. The fourth-order valence-electron chi connectivity index (χ4n) is 1.82. The second-order valence-electron chi connectivity index (χ2n) is 3.46. The van der Waals surface area contributed by atoms with E-state index < -0.39 is 0 Å². The summed E-state index contributed by atoms with van der Waals surface area (Å²) in [6.45, 7) is 1.31. The van der Waals surface area contributed by atoms with Gasteiger partial charge < -0.3 is 4.90 Å². The van der Waals surface area contributed by atoms with E-state index in [1.807, 2.05) is 0 Å². The number of halogens is 1. The Morgan fingerprint density at radius 3 is 2.91 bits per heavy atom. The third kappa shape index (κ3) is 3.12. The lowest BCUT2D eigenvalue weighted by molar-refractivity contribution is 0.176. The molecule has 0 spiro atoms. The van der Waals surface area contributed by atoms with E-state index in [9.17, 15) is 0 Å². The normalized spacial score (nSPS) is 27.3. The lowest BCUT2D eigenvalue weighted by Gasteiger charge is -2.32. The standard InChI is InChI=1S/C9H18BrN/c1-11-8-3-2-5-9(11)6-4-7-10/h9H,2-8H2,1H3. The molecule has 1 heterocycles. The maximum atomic E-state index is 3.48. The van der Waals surface area contributed by atoms with Crippen molar-refractivity contribution < 1.29 is 0 Å². The molecule has 0 aromatic carbocycles.